The molecule has 0 aliphatic heterocycles. The number of carbonyl (C=O) groups is 2. The molecule has 0 aromatic heterocycles. The van der Waals surface area contributed by atoms with Crippen LogP contribution in [0, 0.1) is 11.8 Å². The molecule has 1 rings (SSSR count). The van der Waals surface area contributed by atoms with E-state index >= 15 is 0 Å². The minimum Gasteiger partial charge on any atom is -0.550 e. The van der Waals surface area contributed by atoms with Gasteiger partial charge in [0.15, 0.2) is 0 Å². The van der Waals surface area contributed by atoms with Gasteiger partial charge in [-0.15, -0.1) is 0 Å². The summed E-state index contributed by atoms with van der Waals surface area (Å²) in [6.45, 7) is 3.18. The first-order chi connectivity index (χ1) is 8.49. The second kappa shape index (κ2) is 10.1. The number of benzene rings is 1. The van der Waals surface area contributed by atoms with Gasteiger partial charge in [-0.25, -0.2) is 0 Å². The van der Waals surface area contributed by atoms with E-state index in [1.165, 1.54) is 6.92 Å². The molecule has 0 amide bonds. The third kappa shape index (κ3) is 5.39. The fourth-order valence-electron chi connectivity index (χ4n) is 2.26. The summed E-state index contributed by atoms with van der Waals surface area (Å²) in [5.41, 5.74) is 0.808. The maximum atomic E-state index is 11.2. The van der Waals surface area contributed by atoms with Gasteiger partial charge >= 0.3 is 37.7 Å². The Morgan fingerprint density at radius 2 is 1.55 bits per heavy atom. The molecule has 0 heterocycles. The third-order valence-electron chi connectivity index (χ3n) is 3.28. The molecular weight excluding hydrogens is 246 g/mol. The van der Waals surface area contributed by atoms with Gasteiger partial charge in [0, 0.05) is 23.8 Å². The van der Waals surface area contributed by atoms with Gasteiger partial charge in [0.05, 0.1) is 0 Å². The van der Waals surface area contributed by atoms with Crippen molar-refractivity contribution < 1.29 is 57.5 Å². The van der Waals surface area contributed by atoms with Crippen molar-refractivity contribution in [2.45, 2.75) is 26.2 Å². The summed E-state index contributed by atoms with van der Waals surface area (Å²) in [5, 5.41) is 22.1. The van der Waals surface area contributed by atoms with Crippen molar-refractivity contribution in [3.8, 4) is 0 Å². The van der Waals surface area contributed by atoms with Gasteiger partial charge in [-0.05, 0) is 17.9 Å². The van der Waals surface area contributed by atoms with Crippen LogP contribution in [0.2, 0.25) is 0 Å². The molecular formula is C14H16Li2O4. The Balaban J connectivity index is 0. The molecule has 0 saturated carbocycles. The van der Waals surface area contributed by atoms with E-state index in [-0.39, 0.29) is 43.6 Å². The van der Waals surface area contributed by atoms with Crippen molar-refractivity contribution in [2.75, 3.05) is 0 Å². The molecule has 4 nitrogen and oxygen atoms in total. The van der Waals surface area contributed by atoms with Crippen LogP contribution < -0.4 is 47.9 Å². The SMILES string of the molecule is CCC(c1ccccc1)C(C(=O)[O-])C(C)C(=O)[O-].[Li+].[Li+]. The summed E-state index contributed by atoms with van der Waals surface area (Å²) in [5.74, 6) is -5.26. The molecule has 0 N–H and O–H groups in total. The van der Waals surface area contributed by atoms with Crippen LogP contribution in [-0.4, -0.2) is 11.9 Å². The fourth-order valence-corrected chi connectivity index (χ4v) is 2.26. The molecule has 3 atom stereocenters. The van der Waals surface area contributed by atoms with Crippen LogP contribution in [0.4, 0.5) is 0 Å². The molecule has 20 heavy (non-hydrogen) atoms. The molecule has 98 valence electrons. The standard InChI is InChI=1S/C14H18O4.2Li/c1-3-11(10-7-5-4-6-8-10)12(14(17)18)9(2)13(15)16;;/h4-9,11-12H,3H2,1-2H3,(H,15,16)(H,17,18);;/q;2*+1/p-2. The smallest absolute Gasteiger partial charge is 0.550 e. The summed E-state index contributed by atoms with van der Waals surface area (Å²) in [7, 11) is 0. The largest absolute Gasteiger partial charge is 1.00 e. The Kier molecular flexibility index (Phi) is 11.0. The van der Waals surface area contributed by atoms with Gasteiger partial charge < -0.3 is 19.8 Å². The van der Waals surface area contributed by atoms with Crippen LogP contribution in [0.3, 0.4) is 0 Å². The summed E-state index contributed by atoms with van der Waals surface area (Å²) in [6.07, 6.45) is 0.528. The summed E-state index contributed by atoms with van der Waals surface area (Å²) >= 11 is 0. The van der Waals surface area contributed by atoms with Crippen molar-refractivity contribution in [3.63, 3.8) is 0 Å². The fraction of sp³-hybridized carbons (Fsp3) is 0.429. The maximum absolute atomic E-state index is 11.2. The van der Waals surface area contributed by atoms with Crippen molar-refractivity contribution in [1.29, 1.82) is 0 Å². The van der Waals surface area contributed by atoms with E-state index in [1.807, 2.05) is 13.0 Å². The van der Waals surface area contributed by atoms with Gasteiger partial charge in [0.1, 0.15) is 0 Å². The molecule has 3 unspecified atom stereocenters. The third-order valence-corrected chi connectivity index (χ3v) is 3.28. The minimum absolute atomic E-state index is 0. The van der Waals surface area contributed by atoms with Gasteiger partial charge in [0.2, 0.25) is 0 Å². The number of hydrogen-bond acceptors (Lipinski definition) is 4. The van der Waals surface area contributed by atoms with E-state index in [0.29, 0.717) is 6.42 Å². The van der Waals surface area contributed by atoms with E-state index in [9.17, 15) is 19.8 Å². The van der Waals surface area contributed by atoms with E-state index in [0.717, 1.165) is 5.56 Å². The number of carboxylic acids is 2. The van der Waals surface area contributed by atoms with E-state index < -0.39 is 23.8 Å². The molecule has 0 spiro atoms. The number of carboxylic acid groups (broad SMARTS) is 2. The molecule has 0 bridgehead atoms. The molecule has 0 aliphatic carbocycles. The second-order valence-corrected chi connectivity index (χ2v) is 4.38. The first-order valence-corrected chi connectivity index (χ1v) is 5.95. The van der Waals surface area contributed by atoms with Crippen LogP contribution in [0.1, 0.15) is 31.7 Å². The maximum Gasteiger partial charge on any atom is 1.00 e. The van der Waals surface area contributed by atoms with Crippen LogP contribution >= 0.6 is 0 Å². The zero-order valence-electron chi connectivity index (χ0n) is 12.5. The number of hydrogen-bond donors (Lipinski definition) is 0. The monoisotopic (exact) mass is 262 g/mol. The van der Waals surface area contributed by atoms with Crippen LogP contribution in [0.15, 0.2) is 30.3 Å². The zero-order valence-corrected chi connectivity index (χ0v) is 12.5. The van der Waals surface area contributed by atoms with E-state index in [1.54, 1.807) is 24.3 Å². The van der Waals surface area contributed by atoms with Crippen LogP contribution in [0.5, 0.6) is 0 Å². The second-order valence-electron chi connectivity index (χ2n) is 4.38. The Morgan fingerprint density at radius 3 is 1.90 bits per heavy atom. The summed E-state index contributed by atoms with van der Waals surface area (Å²) in [6, 6.07) is 9.02. The van der Waals surface area contributed by atoms with Gasteiger partial charge in [0.25, 0.3) is 0 Å². The Morgan fingerprint density at radius 1 is 1.05 bits per heavy atom. The zero-order chi connectivity index (χ0) is 13.7. The quantitative estimate of drug-likeness (QED) is 0.478. The summed E-state index contributed by atoms with van der Waals surface area (Å²) in [4.78, 5) is 22.1. The first-order valence-electron chi connectivity index (χ1n) is 5.95. The van der Waals surface area contributed by atoms with Crippen molar-refractivity contribution >= 4 is 11.9 Å². The van der Waals surface area contributed by atoms with Crippen LogP contribution in [0.25, 0.3) is 0 Å². The number of carbonyl (C=O) groups excluding carboxylic acids is 2. The number of rotatable bonds is 6. The predicted octanol–water partition coefficient (Wildman–Crippen LogP) is -6.06. The number of aliphatic carboxylic acids is 2. The van der Waals surface area contributed by atoms with Crippen molar-refractivity contribution in [2.24, 2.45) is 11.8 Å². The Bertz CT molecular complexity index is 422. The molecule has 0 radical (unpaired) electrons. The molecule has 6 heteroatoms. The topological polar surface area (TPSA) is 80.3 Å². The van der Waals surface area contributed by atoms with E-state index in [4.69, 9.17) is 0 Å². The summed E-state index contributed by atoms with van der Waals surface area (Å²) < 4.78 is 0. The van der Waals surface area contributed by atoms with Crippen molar-refractivity contribution in [1.82, 2.24) is 0 Å². The Hall–Kier alpha value is -0.645. The first kappa shape index (κ1) is 21.6. The minimum atomic E-state index is -1.36. The average Bonchev–Trinajstić information content (AvgIpc) is 2.35. The predicted molar refractivity (Wildman–Crippen MR) is 62.1 cm³/mol. The van der Waals surface area contributed by atoms with E-state index in [2.05, 4.69) is 0 Å². The molecule has 0 fully saturated rings. The molecule has 1 aromatic rings. The molecule has 1 aromatic carbocycles. The molecule has 0 saturated heterocycles. The average molecular weight is 262 g/mol. The van der Waals surface area contributed by atoms with Gasteiger partial charge in [-0.2, -0.15) is 0 Å². The van der Waals surface area contributed by atoms with Gasteiger partial charge in [-0.1, -0.05) is 44.2 Å². The normalized spacial score (nSPS) is 14.1. The van der Waals surface area contributed by atoms with Gasteiger partial charge in [-0.3, -0.25) is 0 Å². The van der Waals surface area contributed by atoms with Crippen LogP contribution in [-0.2, 0) is 9.59 Å². The van der Waals surface area contributed by atoms with Crippen molar-refractivity contribution in [3.05, 3.63) is 35.9 Å². The Labute approximate surface area is 143 Å². The molecule has 0 aliphatic rings.